The molecule has 0 aromatic rings. The van der Waals surface area contributed by atoms with Crippen molar-refractivity contribution in [3.63, 3.8) is 0 Å². The summed E-state index contributed by atoms with van der Waals surface area (Å²) in [6.45, 7) is 3.42. The van der Waals surface area contributed by atoms with Crippen molar-refractivity contribution in [3.8, 4) is 0 Å². The van der Waals surface area contributed by atoms with Crippen molar-refractivity contribution in [1.29, 1.82) is 0 Å². The van der Waals surface area contributed by atoms with Crippen LogP contribution < -0.4 is 5.32 Å². The molecule has 1 N–H and O–H groups in total. The Bertz CT molecular complexity index is 396. The highest BCUT2D eigenvalue weighted by molar-refractivity contribution is 8.14. The van der Waals surface area contributed by atoms with Crippen molar-refractivity contribution < 1.29 is 19.1 Å². The fourth-order valence-electron chi connectivity index (χ4n) is 2.28. The molecule has 1 unspecified atom stereocenters. The molecule has 8 heteroatoms. The van der Waals surface area contributed by atoms with E-state index < -0.39 is 0 Å². The molecule has 2 aliphatic heterocycles. The topological polar surface area (TPSA) is 79.0 Å². The van der Waals surface area contributed by atoms with E-state index >= 15 is 0 Å². The van der Waals surface area contributed by atoms with Gasteiger partial charge in [0.25, 0.3) is 5.24 Å². The summed E-state index contributed by atoms with van der Waals surface area (Å²) < 4.78 is 4.61. The Morgan fingerprint density at radius 1 is 1.35 bits per heavy atom. The van der Waals surface area contributed by atoms with Gasteiger partial charge in [0.1, 0.15) is 6.04 Å². The highest BCUT2D eigenvalue weighted by Gasteiger charge is 2.32. The fourth-order valence-corrected chi connectivity index (χ4v) is 3.05. The number of hydrogen-bond acceptors (Lipinski definition) is 6. The van der Waals surface area contributed by atoms with E-state index in [1.54, 1.807) is 4.90 Å². The molecular formula is C12H19N3O4S. The maximum Gasteiger partial charge on any atom is 0.306 e. The van der Waals surface area contributed by atoms with Crippen molar-refractivity contribution in [2.75, 3.05) is 45.6 Å². The number of hydrogen-bond donors (Lipinski definition) is 1. The standard InChI is InChI=1S/C12H19N3O4S/c1-19-10(16)2-3-14-4-6-15(7-5-14)11(17)9-8-20-12(18)13-9/h9H,2-8H2,1H3,(H,13,18). The van der Waals surface area contributed by atoms with Gasteiger partial charge >= 0.3 is 5.97 Å². The summed E-state index contributed by atoms with van der Waals surface area (Å²) in [6, 6.07) is -0.380. The second-order valence-corrected chi connectivity index (χ2v) is 5.78. The third kappa shape index (κ3) is 3.86. The van der Waals surface area contributed by atoms with E-state index in [0.29, 0.717) is 31.8 Å². The Morgan fingerprint density at radius 3 is 2.60 bits per heavy atom. The molecule has 2 saturated heterocycles. The lowest BCUT2D eigenvalue weighted by atomic mass is 10.2. The van der Waals surface area contributed by atoms with Gasteiger partial charge in [-0.15, -0.1) is 0 Å². The number of carbonyl (C=O) groups is 3. The number of carbonyl (C=O) groups excluding carboxylic acids is 3. The number of nitrogens with zero attached hydrogens (tertiary/aromatic N) is 2. The van der Waals surface area contributed by atoms with Gasteiger partial charge in [0, 0.05) is 38.5 Å². The molecule has 0 aliphatic carbocycles. The summed E-state index contributed by atoms with van der Waals surface area (Å²) in [5.41, 5.74) is 0. The van der Waals surface area contributed by atoms with Gasteiger partial charge in [0.2, 0.25) is 5.91 Å². The average molecular weight is 301 g/mol. The third-order valence-electron chi connectivity index (χ3n) is 3.52. The molecular weight excluding hydrogens is 282 g/mol. The molecule has 20 heavy (non-hydrogen) atoms. The monoisotopic (exact) mass is 301 g/mol. The number of esters is 1. The van der Waals surface area contributed by atoms with Gasteiger partial charge in [-0.1, -0.05) is 11.8 Å². The van der Waals surface area contributed by atoms with Gasteiger partial charge in [-0.05, 0) is 0 Å². The van der Waals surface area contributed by atoms with Crippen LogP contribution >= 0.6 is 11.8 Å². The van der Waals surface area contributed by atoms with E-state index in [4.69, 9.17) is 0 Å². The number of rotatable bonds is 4. The van der Waals surface area contributed by atoms with E-state index in [2.05, 4.69) is 15.0 Å². The van der Waals surface area contributed by atoms with Crippen LogP contribution in [0.2, 0.25) is 0 Å². The Morgan fingerprint density at radius 2 is 2.05 bits per heavy atom. The van der Waals surface area contributed by atoms with E-state index in [9.17, 15) is 14.4 Å². The average Bonchev–Trinajstić information content (AvgIpc) is 2.91. The van der Waals surface area contributed by atoms with Crippen LogP contribution in [0.3, 0.4) is 0 Å². The van der Waals surface area contributed by atoms with Gasteiger partial charge in [-0.3, -0.25) is 19.3 Å². The number of ether oxygens (including phenoxy) is 1. The maximum atomic E-state index is 12.2. The number of nitrogens with one attached hydrogen (secondary N) is 1. The van der Waals surface area contributed by atoms with Gasteiger partial charge in [0.05, 0.1) is 13.5 Å². The predicted molar refractivity (Wildman–Crippen MR) is 74.4 cm³/mol. The minimum atomic E-state index is -0.380. The van der Waals surface area contributed by atoms with Crippen LogP contribution in [-0.4, -0.2) is 78.5 Å². The lowest BCUT2D eigenvalue weighted by Crippen LogP contribution is -2.54. The van der Waals surface area contributed by atoms with E-state index in [1.807, 2.05) is 0 Å². The smallest absolute Gasteiger partial charge is 0.306 e. The summed E-state index contributed by atoms with van der Waals surface area (Å²) in [5.74, 6) is 0.297. The summed E-state index contributed by atoms with van der Waals surface area (Å²) in [4.78, 5) is 38.3. The zero-order chi connectivity index (χ0) is 14.5. The first-order valence-corrected chi connectivity index (χ1v) is 7.60. The largest absolute Gasteiger partial charge is 0.469 e. The summed E-state index contributed by atoms with van der Waals surface area (Å²) in [6.07, 6.45) is 0.375. The molecule has 2 heterocycles. The molecule has 2 fully saturated rings. The van der Waals surface area contributed by atoms with Gasteiger partial charge < -0.3 is 15.0 Å². The van der Waals surface area contributed by atoms with Crippen molar-refractivity contribution >= 4 is 28.9 Å². The number of methoxy groups -OCH3 is 1. The molecule has 0 aromatic carbocycles. The maximum absolute atomic E-state index is 12.2. The molecule has 112 valence electrons. The zero-order valence-electron chi connectivity index (χ0n) is 11.5. The summed E-state index contributed by atoms with van der Waals surface area (Å²) >= 11 is 1.15. The Kier molecular flexibility index (Phi) is 5.24. The summed E-state index contributed by atoms with van der Waals surface area (Å²) in [7, 11) is 1.38. The van der Waals surface area contributed by atoms with Crippen LogP contribution in [0.5, 0.6) is 0 Å². The Labute approximate surface area is 122 Å². The van der Waals surface area contributed by atoms with Crippen molar-refractivity contribution in [3.05, 3.63) is 0 Å². The zero-order valence-corrected chi connectivity index (χ0v) is 12.3. The second kappa shape index (κ2) is 6.94. The molecule has 1 atom stereocenters. The molecule has 2 amide bonds. The number of thioether (sulfide) groups is 1. The fraction of sp³-hybridized carbons (Fsp3) is 0.750. The molecule has 0 bridgehead atoms. The van der Waals surface area contributed by atoms with E-state index in [-0.39, 0.29) is 23.2 Å². The van der Waals surface area contributed by atoms with E-state index in [1.165, 1.54) is 7.11 Å². The molecule has 0 spiro atoms. The van der Waals surface area contributed by atoms with Gasteiger partial charge in [0.15, 0.2) is 0 Å². The SMILES string of the molecule is COC(=O)CCN1CCN(C(=O)C2CSC(=O)N2)CC1. The molecule has 0 aromatic heterocycles. The first-order chi connectivity index (χ1) is 9.60. The van der Waals surface area contributed by atoms with Crippen LogP contribution in [0, 0.1) is 0 Å². The second-order valence-electron chi connectivity index (χ2n) is 4.79. The minimum Gasteiger partial charge on any atom is -0.469 e. The summed E-state index contributed by atoms with van der Waals surface area (Å²) in [5, 5.41) is 2.54. The molecule has 7 nitrogen and oxygen atoms in total. The van der Waals surface area contributed by atoms with Crippen molar-refractivity contribution in [1.82, 2.24) is 15.1 Å². The van der Waals surface area contributed by atoms with Crippen LogP contribution in [0.1, 0.15) is 6.42 Å². The van der Waals surface area contributed by atoms with Crippen LogP contribution in [0.4, 0.5) is 4.79 Å². The van der Waals surface area contributed by atoms with Gasteiger partial charge in [-0.2, -0.15) is 0 Å². The molecule has 2 aliphatic rings. The highest BCUT2D eigenvalue weighted by atomic mass is 32.2. The van der Waals surface area contributed by atoms with Crippen LogP contribution in [-0.2, 0) is 14.3 Å². The lowest BCUT2D eigenvalue weighted by Gasteiger charge is -2.35. The molecule has 2 rings (SSSR count). The quantitative estimate of drug-likeness (QED) is 0.707. The predicted octanol–water partition coefficient (Wildman–Crippen LogP) is -0.481. The van der Waals surface area contributed by atoms with Gasteiger partial charge in [-0.25, -0.2) is 0 Å². The molecule has 0 saturated carbocycles. The highest BCUT2D eigenvalue weighted by Crippen LogP contribution is 2.15. The normalized spacial score (nSPS) is 23.6. The van der Waals surface area contributed by atoms with Crippen molar-refractivity contribution in [2.24, 2.45) is 0 Å². The van der Waals surface area contributed by atoms with E-state index in [0.717, 1.165) is 24.9 Å². The van der Waals surface area contributed by atoms with Crippen molar-refractivity contribution in [2.45, 2.75) is 12.5 Å². The Balaban J connectivity index is 1.72. The first-order valence-electron chi connectivity index (χ1n) is 6.61. The first kappa shape index (κ1) is 15.1. The third-order valence-corrected chi connectivity index (χ3v) is 4.40. The lowest BCUT2D eigenvalue weighted by molar-refractivity contribution is -0.141. The minimum absolute atomic E-state index is 0.00373. The Hall–Kier alpha value is -1.28. The number of amides is 2. The number of piperazine rings is 1. The van der Waals surface area contributed by atoms with Crippen LogP contribution in [0.15, 0.2) is 0 Å². The van der Waals surface area contributed by atoms with Crippen LogP contribution in [0.25, 0.3) is 0 Å². The molecule has 0 radical (unpaired) electrons.